The van der Waals surface area contributed by atoms with Crippen molar-refractivity contribution in [2.45, 2.75) is 32.2 Å². The molecule has 0 aromatic heterocycles. The van der Waals surface area contributed by atoms with Gasteiger partial charge in [0.2, 0.25) is 0 Å². The monoisotopic (exact) mass is 114 g/mol. The zero-order valence-corrected chi connectivity index (χ0v) is 5.43. The molecule has 2 nitrogen and oxygen atoms in total. The summed E-state index contributed by atoms with van der Waals surface area (Å²) in [6, 6.07) is 0.708. The average molecular weight is 114 g/mol. The molecule has 0 radical (unpaired) electrons. The van der Waals surface area contributed by atoms with Crippen LogP contribution in [-0.2, 0) is 0 Å². The van der Waals surface area contributed by atoms with E-state index < -0.39 is 0 Å². The highest BCUT2D eigenvalue weighted by Crippen LogP contribution is 2.21. The second-order valence-electron chi connectivity index (χ2n) is 2.42. The maximum absolute atomic E-state index is 5.61. The lowest BCUT2D eigenvalue weighted by molar-refractivity contribution is 0.136. The molecule has 0 unspecified atom stereocenters. The van der Waals surface area contributed by atoms with Crippen LogP contribution in [0.1, 0.15) is 26.2 Å². The van der Waals surface area contributed by atoms with Crippen LogP contribution in [0.25, 0.3) is 0 Å². The Labute approximate surface area is 50.6 Å². The zero-order chi connectivity index (χ0) is 5.98. The third kappa shape index (κ3) is 1.01. The first-order valence-electron chi connectivity index (χ1n) is 3.36. The van der Waals surface area contributed by atoms with Crippen LogP contribution >= 0.6 is 0 Å². The maximum Gasteiger partial charge on any atom is 0.0241 e. The molecule has 2 heteroatoms. The molecule has 0 atom stereocenters. The molecular weight excluding hydrogens is 100 g/mol. The van der Waals surface area contributed by atoms with Gasteiger partial charge in [0.05, 0.1) is 0 Å². The molecule has 1 rings (SSSR count). The Kier molecular flexibility index (Phi) is 1.86. The van der Waals surface area contributed by atoms with Gasteiger partial charge in [0.25, 0.3) is 0 Å². The molecule has 1 saturated carbocycles. The van der Waals surface area contributed by atoms with Gasteiger partial charge in [-0.25, -0.2) is 5.01 Å². The Morgan fingerprint density at radius 2 is 2.25 bits per heavy atom. The van der Waals surface area contributed by atoms with Crippen molar-refractivity contribution in [2.75, 3.05) is 6.54 Å². The summed E-state index contributed by atoms with van der Waals surface area (Å²) in [5.41, 5.74) is 0. The maximum atomic E-state index is 5.61. The minimum Gasteiger partial charge on any atom is -0.269 e. The number of rotatable bonds is 2. The first kappa shape index (κ1) is 6.05. The number of hydrogen-bond donors (Lipinski definition) is 1. The second-order valence-corrected chi connectivity index (χ2v) is 2.42. The van der Waals surface area contributed by atoms with Crippen molar-refractivity contribution in [3.8, 4) is 0 Å². The van der Waals surface area contributed by atoms with Gasteiger partial charge in [0.1, 0.15) is 0 Å². The Morgan fingerprint density at radius 3 is 2.38 bits per heavy atom. The van der Waals surface area contributed by atoms with Crippen LogP contribution in [0, 0.1) is 0 Å². The highest BCUT2D eigenvalue weighted by atomic mass is 15.4. The second kappa shape index (κ2) is 2.46. The van der Waals surface area contributed by atoms with E-state index in [0.29, 0.717) is 6.04 Å². The third-order valence-corrected chi connectivity index (χ3v) is 1.91. The van der Waals surface area contributed by atoms with E-state index in [1.165, 1.54) is 19.3 Å². The molecule has 0 aromatic rings. The van der Waals surface area contributed by atoms with Gasteiger partial charge in [-0.3, -0.25) is 5.84 Å². The van der Waals surface area contributed by atoms with E-state index in [1.54, 1.807) is 0 Å². The molecule has 48 valence electrons. The first-order valence-corrected chi connectivity index (χ1v) is 3.36. The Balaban J connectivity index is 2.13. The molecule has 1 aliphatic carbocycles. The molecule has 0 saturated heterocycles. The Bertz CT molecular complexity index is 66.2. The Hall–Kier alpha value is -0.0800. The van der Waals surface area contributed by atoms with E-state index in [-0.39, 0.29) is 0 Å². The standard InChI is InChI=1S/C6H14N2/c1-2-8(7)6-4-3-5-6/h6H,2-5,7H2,1H3. The van der Waals surface area contributed by atoms with Crippen molar-refractivity contribution >= 4 is 0 Å². The molecule has 1 fully saturated rings. The summed E-state index contributed by atoms with van der Waals surface area (Å²) in [4.78, 5) is 0. The van der Waals surface area contributed by atoms with Crippen LogP contribution in [0.5, 0.6) is 0 Å². The minimum absolute atomic E-state index is 0.708. The van der Waals surface area contributed by atoms with Gasteiger partial charge in [0, 0.05) is 12.6 Å². The summed E-state index contributed by atoms with van der Waals surface area (Å²) in [6.45, 7) is 3.09. The van der Waals surface area contributed by atoms with E-state index in [4.69, 9.17) is 5.84 Å². The summed E-state index contributed by atoms with van der Waals surface area (Å²) in [7, 11) is 0. The van der Waals surface area contributed by atoms with Gasteiger partial charge >= 0.3 is 0 Å². The topological polar surface area (TPSA) is 29.3 Å². The molecule has 0 aliphatic heterocycles. The summed E-state index contributed by atoms with van der Waals surface area (Å²) in [5, 5.41) is 1.93. The van der Waals surface area contributed by atoms with Crippen LogP contribution in [0.4, 0.5) is 0 Å². The first-order chi connectivity index (χ1) is 3.84. The molecule has 1 aliphatic rings. The van der Waals surface area contributed by atoms with E-state index in [0.717, 1.165) is 6.54 Å². The van der Waals surface area contributed by atoms with Gasteiger partial charge < -0.3 is 0 Å². The lowest BCUT2D eigenvalue weighted by atomic mass is 9.93. The molecule has 0 bridgehead atoms. The lowest BCUT2D eigenvalue weighted by Gasteiger charge is -2.33. The number of nitrogens with two attached hydrogens (primary N) is 1. The SMILES string of the molecule is CCN(N)C1CCC1. The Morgan fingerprint density at radius 1 is 1.62 bits per heavy atom. The highest BCUT2D eigenvalue weighted by Gasteiger charge is 2.20. The zero-order valence-electron chi connectivity index (χ0n) is 5.43. The van der Waals surface area contributed by atoms with Crippen LogP contribution in [0.2, 0.25) is 0 Å². The molecule has 2 N–H and O–H groups in total. The van der Waals surface area contributed by atoms with Crippen LogP contribution in [0.15, 0.2) is 0 Å². The molecule has 0 spiro atoms. The third-order valence-electron chi connectivity index (χ3n) is 1.91. The quantitative estimate of drug-likeness (QED) is 0.423. The summed E-state index contributed by atoms with van der Waals surface area (Å²) >= 11 is 0. The number of hydrogen-bond acceptors (Lipinski definition) is 2. The van der Waals surface area contributed by atoms with E-state index in [2.05, 4.69) is 6.92 Å². The van der Waals surface area contributed by atoms with Gasteiger partial charge in [-0.1, -0.05) is 13.3 Å². The largest absolute Gasteiger partial charge is 0.269 e. The van der Waals surface area contributed by atoms with Crippen molar-refractivity contribution in [3.63, 3.8) is 0 Å². The number of nitrogens with zero attached hydrogens (tertiary/aromatic N) is 1. The minimum atomic E-state index is 0.708. The lowest BCUT2D eigenvalue weighted by Crippen LogP contribution is -2.44. The van der Waals surface area contributed by atoms with Crippen LogP contribution in [0.3, 0.4) is 0 Å². The van der Waals surface area contributed by atoms with Gasteiger partial charge in [-0.2, -0.15) is 0 Å². The molecular formula is C6H14N2. The van der Waals surface area contributed by atoms with Gasteiger partial charge in [-0.15, -0.1) is 0 Å². The number of hydrazine groups is 1. The van der Waals surface area contributed by atoms with E-state index >= 15 is 0 Å². The highest BCUT2D eigenvalue weighted by molar-refractivity contribution is 4.75. The van der Waals surface area contributed by atoms with Crippen molar-refractivity contribution in [1.82, 2.24) is 5.01 Å². The fourth-order valence-corrected chi connectivity index (χ4v) is 0.977. The van der Waals surface area contributed by atoms with Crippen molar-refractivity contribution in [3.05, 3.63) is 0 Å². The fraction of sp³-hybridized carbons (Fsp3) is 1.00. The van der Waals surface area contributed by atoms with Crippen LogP contribution < -0.4 is 5.84 Å². The normalized spacial score (nSPS) is 21.4. The van der Waals surface area contributed by atoms with Crippen molar-refractivity contribution in [1.29, 1.82) is 0 Å². The molecule has 0 aromatic carbocycles. The predicted octanol–water partition coefficient (Wildman–Crippen LogP) is 0.734. The van der Waals surface area contributed by atoms with E-state index in [1.807, 2.05) is 5.01 Å². The smallest absolute Gasteiger partial charge is 0.0241 e. The fourth-order valence-electron chi connectivity index (χ4n) is 0.977. The predicted molar refractivity (Wildman–Crippen MR) is 34.2 cm³/mol. The average Bonchev–Trinajstić information content (AvgIpc) is 1.62. The molecule has 0 amide bonds. The summed E-state index contributed by atoms with van der Waals surface area (Å²) in [6.07, 6.45) is 3.99. The molecule has 0 heterocycles. The van der Waals surface area contributed by atoms with Gasteiger partial charge in [-0.05, 0) is 12.8 Å². The van der Waals surface area contributed by atoms with Gasteiger partial charge in [0.15, 0.2) is 0 Å². The molecule has 8 heavy (non-hydrogen) atoms. The van der Waals surface area contributed by atoms with E-state index in [9.17, 15) is 0 Å². The van der Waals surface area contributed by atoms with Crippen LogP contribution in [-0.4, -0.2) is 17.6 Å². The van der Waals surface area contributed by atoms with Crippen molar-refractivity contribution < 1.29 is 0 Å². The summed E-state index contributed by atoms with van der Waals surface area (Å²) in [5.74, 6) is 5.61. The van der Waals surface area contributed by atoms with Crippen molar-refractivity contribution in [2.24, 2.45) is 5.84 Å². The summed E-state index contributed by atoms with van der Waals surface area (Å²) < 4.78 is 0.